The summed E-state index contributed by atoms with van der Waals surface area (Å²) in [6.45, 7) is 7.13. The van der Waals surface area contributed by atoms with Crippen LogP contribution >= 0.6 is 0 Å². The zero-order chi connectivity index (χ0) is 12.8. The molecule has 4 nitrogen and oxygen atoms in total. The fraction of sp³-hybridized carbons (Fsp3) is 0.643. The molecule has 106 valence electrons. The number of rotatable bonds is 3. The fourth-order valence-corrected chi connectivity index (χ4v) is 3.39. The summed E-state index contributed by atoms with van der Waals surface area (Å²) in [6, 6.07) is 0.448. The summed E-state index contributed by atoms with van der Waals surface area (Å²) in [4.78, 5) is 11.6. The zero-order valence-electron chi connectivity index (χ0n) is 11.4. The normalized spacial score (nSPS) is 35.7. The average Bonchev–Trinajstić information content (AvgIpc) is 3.02. The Labute approximate surface area is 120 Å². The molecule has 0 amide bonds. The lowest BCUT2D eigenvalue weighted by atomic mass is 10.1. The molecule has 2 fully saturated rings. The number of esters is 1. The molecular weight excluding hydrogens is 266 g/mol. The Balaban J connectivity index is 0.00000133. The monoisotopic (exact) mass is 285 g/mol. The number of hydrogen-bond acceptors (Lipinski definition) is 3. The smallest absolute Gasteiger partial charge is 0.333 e. The molecule has 2 bridgehead atoms. The molecule has 0 aromatic carbocycles. The first-order valence-electron chi connectivity index (χ1n) is 6.62. The summed E-state index contributed by atoms with van der Waals surface area (Å²) in [5, 5.41) is 0. The average molecular weight is 286 g/mol. The number of allylic oxidation sites excluding steroid dienone is 1. The maximum atomic E-state index is 11.6. The van der Waals surface area contributed by atoms with E-state index in [-0.39, 0.29) is 18.4 Å². The van der Waals surface area contributed by atoms with E-state index in [0.29, 0.717) is 24.3 Å². The number of hydrogen-bond donors (Lipinski definition) is 0. The van der Waals surface area contributed by atoms with Gasteiger partial charge in [0, 0.05) is 17.6 Å². The van der Waals surface area contributed by atoms with Gasteiger partial charge in [0.1, 0.15) is 25.3 Å². The molecule has 2 saturated heterocycles. The third-order valence-electron chi connectivity index (χ3n) is 4.57. The molecule has 3 aliphatic heterocycles. The summed E-state index contributed by atoms with van der Waals surface area (Å²) < 4.78 is 12.2. The van der Waals surface area contributed by atoms with E-state index in [2.05, 4.69) is 6.08 Å². The van der Waals surface area contributed by atoms with Crippen molar-refractivity contribution >= 4 is 5.97 Å². The standard InChI is InChI=1S/C14H20NO3.ClH/c1-3-10(2)14(16)17-8-11-4-6-15-7-5-12(13(11)15)18-9-15;/h3-4,12-13H,5-9H2,1-2H3;1H/q+1;/p-1/b10-3-;/t12-,13+,15?;/m0./s1. The molecule has 1 unspecified atom stereocenters. The topological polar surface area (TPSA) is 35.5 Å². The Morgan fingerprint density at radius 3 is 3.05 bits per heavy atom. The predicted molar refractivity (Wildman–Crippen MR) is 66.6 cm³/mol. The second-order valence-electron chi connectivity index (χ2n) is 5.52. The number of carbonyl (C=O) groups excluding carboxylic acids is 1. The van der Waals surface area contributed by atoms with Crippen LogP contribution in [0.15, 0.2) is 23.3 Å². The van der Waals surface area contributed by atoms with Crippen LogP contribution in [0.5, 0.6) is 0 Å². The Hall–Kier alpha value is -0.840. The van der Waals surface area contributed by atoms with Crippen molar-refractivity contribution < 1.29 is 31.2 Å². The minimum absolute atomic E-state index is 0. The second-order valence-corrected chi connectivity index (χ2v) is 5.52. The van der Waals surface area contributed by atoms with Gasteiger partial charge in [-0.2, -0.15) is 0 Å². The van der Waals surface area contributed by atoms with Gasteiger partial charge in [-0.3, -0.25) is 4.48 Å². The summed E-state index contributed by atoms with van der Waals surface area (Å²) in [5.74, 6) is -0.210. The lowest BCUT2D eigenvalue weighted by Crippen LogP contribution is -3.00. The van der Waals surface area contributed by atoms with Crippen LogP contribution in [0.3, 0.4) is 0 Å². The third-order valence-corrected chi connectivity index (χ3v) is 4.57. The highest BCUT2D eigenvalue weighted by atomic mass is 35.5. The van der Waals surface area contributed by atoms with E-state index in [4.69, 9.17) is 9.47 Å². The van der Waals surface area contributed by atoms with E-state index >= 15 is 0 Å². The summed E-state index contributed by atoms with van der Waals surface area (Å²) >= 11 is 0. The SMILES string of the molecule is C/C=C(/C)C(=O)OCC1=CC[N+]23CC[C@H](OC2)[C@@H]13.[Cl-]. The van der Waals surface area contributed by atoms with Gasteiger partial charge in [0.25, 0.3) is 0 Å². The van der Waals surface area contributed by atoms with Crippen LogP contribution in [0.4, 0.5) is 0 Å². The minimum atomic E-state index is -0.210. The lowest BCUT2D eigenvalue weighted by Gasteiger charge is -2.29. The van der Waals surface area contributed by atoms with Crippen LogP contribution in [0.2, 0.25) is 0 Å². The summed E-state index contributed by atoms with van der Waals surface area (Å²) in [5.41, 5.74) is 1.93. The molecule has 3 heterocycles. The Bertz CT molecular complexity index is 436. The van der Waals surface area contributed by atoms with E-state index in [1.807, 2.05) is 6.92 Å². The number of quaternary nitrogens is 1. The van der Waals surface area contributed by atoms with E-state index in [9.17, 15) is 4.79 Å². The first-order valence-corrected chi connectivity index (χ1v) is 6.62. The Morgan fingerprint density at radius 2 is 2.42 bits per heavy atom. The first-order chi connectivity index (χ1) is 8.66. The quantitative estimate of drug-likeness (QED) is 0.271. The highest BCUT2D eigenvalue weighted by Crippen LogP contribution is 2.43. The number of ether oxygens (including phenoxy) is 2. The highest BCUT2D eigenvalue weighted by molar-refractivity contribution is 5.87. The third kappa shape index (κ3) is 2.22. The van der Waals surface area contributed by atoms with E-state index in [1.165, 1.54) is 12.1 Å². The van der Waals surface area contributed by atoms with Crippen molar-refractivity contribution in [1.82, 2.24) is 0 Å². The number of nitrogens with zero attached hydrogens (tertiary/aromatic N) is 1. The molecule has 19 heavy (non-hydrogen) atoms. The van der Waals surface area contributed by atoms with Crippen LogP contribution in [0, 0.1) is 0 Å². The van der Waals surface area contributed by atoms with Crippen molar-refractivity contribution in [3.8, 4) is 0 Å². The lowest BCUT2D eigenvalue weighted by molar-refractivity contribution is -0.926. The largest absolute Gasteiger partial charge is 1.00 e. The minimum Gasteiger partial charge on any atom is -1.00 e. The van der Waals surface area contributed by atoms with Crippen LogP contribution in [-0.4, -0.2) is 49.0 Å². The maximum absolute atomic E-state index is 11.6. The van der Waals surface area contributed by atoms with E-state index in [1.54, 1.807) is 13.0 Å². The van der Waals surface area contributed by atoms with Gasteiger partial charge in [0.15, 0.2) is 6.73 Å². The maximum Gasteiger partial charge on any atom is 0.333 e. The fourth-order valence-electron chi connectivity index (χ4n) is 3.39. The van der Waals surface area contributed by atoms with Gasteiger partial charge in [0.05, 0.1) is 6.54 Å². The van der Waals surface area contributed by atoms with Gasteiger partial charge in [-0.1, -0.05) is 6.08 Å². The molecule has 0 radical (unpaired) electrons. The second kappa shape index (κ2) is 5.27. The van der Waals surface area contributed by atoms with Crippen LogP contribution in [0.25, 0.3) is 0 Å². The van der Waals surface area contributed by atoms with Crippen molar-refractivity contribution in [3.63, 3.8) is 0 Å². The van der Waals surface area contributed by atoms with Crippen LogP contribution < -0.4 is 12.4 Å². The van der Waals surface area contributed by atoms with Crippen molar-refractivity contribution in [1.29, 1.82) is 0 Å². The van der Waals surface area contributed by atoms with E-state index < -0.39 is 0 Å². The molecule has 0 spiro atoms. The molecule has 0 saturated carbocycles. The molecular formula is C14H20ClNO3. The zero-order valence-corrected chi connectivity index (χ0v) is 12.2. The molecule has 3 rings (SSSR count). The van der Waals surface area contributed by atoms with Crippen molar-refractivity contribution in [2.45, 2.75) is 32.4 Å². The Kier molecular flexibility index (Phi) is 4.04. The van der Waals surface area contributed by atoms with Gasteiger partial charge < -0.3 is 21.9 Å². The molecule has 3 atom stereocenters. The molecule has 3 aliphatic rings. The van der Waals surface area contributed by atoms with Gasteiger partial charge in [-0.15, -0.1) is 0 Å². The van der Waals surface area contributed by atoms with Gasteiger partial charge in [0.2, 0.25) is 0 Å². The van der Waals surface area contributed by atoms with Gasteiger partial charge in [-0.05, 0) is 19.9 Å². The van der Waals surface area contributed by atoms with Crippen LogP contribution in [-0.2, 0) is 14.3 Å². The van der Waals surface area contributed by atoms with Crippen LogP contribution in [0.1, 0.15) is 20.3 Å². The Morgan fingerprint density at radius 1 is 1.63 bits per heavy atom. The summed E-state index contributed by atoms with van der Waals surface area (Å²) in [6.07, 6.45) is 5.52. The molecule has 0 aromatic heterocycles. The highest BCUT2D eigenvalue weighted by Gasteiger charge is 2.58. The van der Waals surface area contributed by atoms with Gasteiger partial charge >= 0.3 is 5.97 Å². The van der Waals surface area contributed by atoms with E-state index in [0.717, 1.165) is 24.2 Å². The molecule has 0 aliphatic carbocycles. The molecule has 0 aromatic rings. The predicted octanol–water partition coefficient (Wildman–Crippen LogP) is -1.61. The van der Waals surface area contributed by atoms with Crippen molar-refractivity contribution in [2.75, 3.05) is 26.4 Å². The van der Waals surface area contributed by atoms with Crippen molar-refractivity contribution in [2.24, 2.45) is 0 Å². The molecule has 5 heteroatoms. The molecule has 0 N–H and O–H groups in total. The first kappa shape index (κ1) is 14.6. The van der Waals surface area contributed by atoms with Crippen molar-refractivity contribution in [3.05, 3.63) is 23.3 Å². The summed E-state index contributed by atoms with van der Waals surface area (Å²) in [7, 11) is 0. The van der Waals surface area contributed by atoms with Gasteiger partial charge in [-0.25, -0.2) is 4.79 Å². The number of carbonyl (C=O) groups is 1. The number of halogens is 1.